The molecule has 2 aliphatic rings. The Balaban J connectivity index is 2.12. The Morgan fingerprint density at radius 3 is 2.38 bits per heavy atom. The van der Waals surface area contributed by atoms with E-state index in [1.165, 1.54) is 30.4 Å². The Kier molecular flexibility index (Phi) is 3.36. The van der Waals surface area contributed by atoms with Crippen molar-refractivity contribution in [3.63, 3.8) is 0 Å². The molecule has 0 saturated carbocycles. The third-order valence-corrected chi connectivity index (χ3v) is 3.63. The summed E-state index contributed by atoms with van der Waals surface area (Å²) in [4.78, 5) is 0. The molecule has 6 nitrogen and oxygen atoms in total. The average molecular weight is 292 g/mol. The Morgan fingerprint density at radius 2 is 1.76 bits per heavy atom. The largest absolute Gasteiger partial charge is 0.512 e. The van der Waals surface area contributed by atoms with Crippen molar-refractivity contribution in [2.45, 2.75) is 18.3 Å². The van der Waals surface area contributed by atoms with Gasteiger partial charge in [0.05, 0.1) is 30.6 Å². The monoisotopic (exact) mass is 292 g/mol. The molecule has 6 heteroatoms. The van der Waals surface area contributed by atoms with Crippen LogP contribution in [0, 0.1) is 0 Å². The first kappa shape index (κ1) is 13.9. The molecule has 1 aliphatic carbocycles. The first-order valence-corrected chi connectivity index (χ1v) is 6.61. The van der Waals surface area contributed by atoms with Gasteiger partial charge in [0.15, 0.2) is 0 Å². The molecule has 4 N–H and O–H groups in total. The minimum atomic E-state index is -1.41. The highest BCUT2D eigenvalue weighted by Gasteiger charge is 2.47. The Hall–Kier alpha value is -2.02. The molecule has 0 bridgehead atoms. The highest BCUT2D eigenvalue weighted by molar-refractivity contribution is 5.47. The van der Waals surface area contributed by atoms with Crippen LogP contribution in [0.3, 0.4) is 0 Å². The van der Waals surface area contributed by atoms with E-state index in [2.05, 4.69) is 0 Å². The first-order valence-electron chi connectivity index (χ1n) is 6.61. The molecule has 3 rings (SSSR count). The van der Waals surface area contributed by atoms with E-state index in [0.29, 0.717) is 24.4 Å². The normalized spacial score (nSPS) is 24.5. The van der Waals surface area contributed by atoms with Crippen LogP contribution in [0.5, 0.6) is 11.5 Å². The van der Waals surface area contributed by atoms with Crippen molar-refractivity contribution in [3.8, 4) is 11.5 Å². The van der Waals surface area contributed by atoms with Gasteiger partial charge in [0.1, 0.15) is 11.5 Å². The molecule has 112 valence electrons. The summed E-state index contributed by atoms with van der Waals surface area (Å²) in [7, 11) is 0. The van der Waals surface area contributed by atoms with Crippen LogP contribution in [0.1, 0.15) is 12.0 Å². The lowest BCUT2D eigenvalue weighted by molar-refractivity contribution is -0.145. The molecule has 0 radical (unpaired) electrons. The van der Waals surface area contributed by atoms with Crippen LogP contribution in [-0.4, -0.2) is 39.7 Å². The summed E-state index contributed by atoms with van der Waals surface area (Å²) < 4.78 is 11.4. The number of ether oxygens (including phenoxy) is 2. The van der Waals surface area contributed by atoms with Crippen molar-refractivity contribution in [1.29, 1.82) is 0 Å². The molecule has 1 aromatic carbocycles. The van der Waals surface area contributed by atoms with E-state index in [1.807, 2.05) is 0 Å². The number of aromatic hydroxyl groups is 2. The summed E-state index contributed by atoms with van der Waals surface area (Å²) in [5.74, 6) is -1.62. The quantitative estimate of drug-likeness (QED) is 0.658. The smallest absolute Gasteiger partial charge is 0.224 e. The van der Waals surface area contributed by atoms with Crippen LogP contribution in [0.15, 0.2) is 41.7 Å². The first-order chi connectivity index (χ1) is 10.0. The van der Waals surface area contributed by atoms with Crippen LogP contribution in [-0.2, 0) is 15.3 Å². The fourth-order valence-corrected chi connectivity index (χ4v) is 2.69. The van der Waals surface area contributed by atoms with E-state index in [0.717, 1.165) is 0 Å². The summed E-state index contributed by atoms with van der Waals surface area (Å²) in [6, 6.07) is 4.08. The molecule has 1 aliphatic heterocycles. The number of allylic oxidation sites excluding steroid dienone is 2. The van der Waals surface area contributed by atoms with Crippen LogP contribution in [0.25, 0.3) is 0 Å². The van der Waals surface area contributed by atoms with Gasteiger partial charge in [-0.15, -0.1) is 0 Å². The molecule has 1 aromatic rings. The Morgan fingerprint density at radius 1 is 1.05 bits per heavy atom. The highest BCUT2D eigenvalue weighted by Crippen LogP contribution is 2.46. The maximum Gasteiger partial charge on any atom is 0.224 e. The van der Waals surface area contributed by atoms with Crippen molar-refractivity contribution < 1.29 is 29.9 Å². The Bertz CT molecular complexity index is 613. The predicted octanol–water partition coefficient (Wildman–Crippen LogP) is 1.43. The van der Waals surface area contributed by atoms with E-state index < -0.39 is 11.9 Å². The van der Waals surface area contributed by atoms with Crippen LogP contribution >= 0.6 is 0 Å². The number of phenols is 2. The summed E-state index contributed by atoms with van der Waals surface area (Å²) >= 11 is 0. The fraction of sp³-hybridized carbons (Fsp3) is 0.333. The molecule has 0 spiro atoms. The number of aliphatic hydroxyl groups excluding tert-OH is 2. The maximum atomic E-state index is 10.2. The molecule has 1 unspecified atom stereocenters. The molecule has 1 saturated heterocycles. The standard InChI is InChI=1S/C15H16O6/c16-9-1-3-11(13(18)7-9)15(20-5-6-21-15)12-4-2-10(17)8-14(12)19/h1-4,7,14,16-19H,5-6,8H2. The van der Waals surface area contributed by atoms with E-state index in [-0.39, 0.29) is 23.7 Å². The van der Waals surface area contributed by atoms with E-state index >= 15 is 0 Å². The molecule has 1 atom stereocenters. The fourth-order valence-electron chi connectivity index (χ4n) is 2.69. The van der Waals surface area contributed by atoms with Crippen molar-refractivity contribution >= 4 is 0 Å². The van der Waals surface area contributed by atoms with Crippen molar-refractivity contribution in [1.82, 2.24) is 0 Å². The summed E-state index contributed by atoms with van der Waals surface area (Å²) in [5.41, 5.74) is 0.705. The summed E-state index contributed by atoms with van der Waals surface area (Å²) in [6.07, 6.45) is 2.06. The van der Waals surface area contributed by atoms with Gasteiger partial charge in [0.2, 0.25) is 5.79 Å². The minimum absolute atomic E-state index is 0.0547. The number of benzene rings is 1. The molecular formula is C15H16O6. The van der Waals surface area contributed by atoms with Gasteiger partial charge >= 0.3 is 0 Å². The van der Waals surface area contributed by atoms with Crippen LogP contribution < -0.4 is 0 Å². The SMILES string of the molecule is OC1=CC=C(C2(c3ccc(O)cc3O)OCCO2)C(O)C1. The van der Waals surface area contributed by atoms with E-state index in [9.17, 15) is 20.4 Å². The van der Waals surface area contributed by atoms with Gasteiger partial charge in [-0.2, -0.15) is 0 Å². The minimum Gasteiger partial charge on any atom is -0.512 e. The lowest BCUT2D eigenvalue weighted by atomic mass is 9.88. The average Bonchev–Trinajstić information content (AvgIpc) is 2.88. The van der Waals surface area contributed by atoms with Crippen molar-refractivity contribution in [2.75, 3.05) is 13.2 Å². The van der Waals surface area contributed by atoms with Crippen LogP contribution in [0.2, 0.25) is 0 Å². The molecule has 0 amide bonds. The number of hydrogen-bond acceptors (Lipinski definition) is 6. The second kappa shape index (κ2) is 5.07. The van der Waals surface area contributed by atoms with Gasteiger partial charge in [-0.1, -0.05) is 6.08 Å². The second-order valence-corrected chi connectivity index (χ2v) is 5.01. The maximum absolute atomic E-state index is 10.2. The molecular weight excluding hydrogens is 276 g/mol. The lowest BCUT2D eigenvalue weighted by Crippen LogP contribution is -2.36. The van der Waals surface area contributed by atoms with Gasteiger partial charge in [0.25, 0.3) is 0 Å². The van der Waals surface area contributed by atoms with Gasteiger partial charge in [0, 0.05) is 18.1 Å². The predicted molar refractivity (Wildman–Crippen MR) is 72.8 cm³/mol. The van der Waals surface area contributed by atoms with Crippen molar-refractivity contribution in [2.24, 2.45) is 0 Å². The van der Waals surface area contributed by atoms with Gasteiger partial charge in [-0.3, -0.25) is 0 Å². The zero-order chi connectivity index (χ0) is 15.0. The number of phenolic OH excluding ortho intramolecular Hbond substituents is 2. The number of aliphatic hydroxyl groups is 2. The molecule has 21 heavy (non-hydrogen) atoms. The highest BCUT2D eigenvalue weighted by atomic mass is 16.7. The second-order valence-electron chi connectivity index (χ2n) is 5.01. The molecule has 0 aromatic heterocycles. The lowest BCUT2D eigenvalue weighted by Gasteiger charge is -2.34. The van der Waals surface area contributed by atoms with Gasteiger partial charge < -0.3 is 29.9 Å². The van der Waals surface area contributed by atoms with Gasteiger partial charge in [-0.25, -0.2) is 0 Å². The van der Waals surface area contributed by atoms with Crippen molar-refractivity contribution in [3.05, 3.63) is 47.2 Å². The van der Waals surface area contributed by atoms with Crippen LogP contribution in [0.4, 0.5) is 0 Å². The van der Waals surface area contributed by atoms with Gasteiger partial charge in [-0.05, 0) is 18.2 Å². The molecule has 1 heterocycles. The third-order valence-electron chi connectivity index (χ3n) is 3.63. The summed E-state index contributed by atoms with van der Waals surface area (Å²) in [5, 5.41) is 39.2. The number of hydrogen-bond donors (Lipinski definition) is 4. The zero-order valence-corrected chi connectivity index (χ0v) is 11.2. The summed E-state index contributed by atoms with van der Waals surface area (Å²) in [6.45, 7) is 0.611. The van der Waals surface area contributed by atoms with E-state index in [4.69, 9.17) is 9.47 Å². The topological polar surface area (TPSA) is 99.4 Å². The zero-order valence-electron chi connectivity index (χ0n) is 11.2. The van der Waals surface area contributed by atoms with E-state index in [1.54, 1.807) is 0 Å². The molecule has 1 fully saturated rings. The Labute approximate surface area is 121 Å². The number of rotatable bonds is 2. The third kappa shape index (κ3) is 2.27.